The number of hydrogen-bond acceptors (Lipinski definition) is 4. The molecule has 1 aliphatic carbocycles. The highest BCUT2D eigenvalue weighted by Gasteiger charge is 2.64. The monoisotopic (exact) mass is 423 g/mol. The highest BCUT2D eigenvalue weighted by atomic mass is 32.2. The normalized spacial score (nSPS) is 22.9. The Morgan fingerprint density at radius 1 is 1.13 bits per heavy atom. The van der Waals surface area contributed by atoms with Crippen molar-refractivity contribution in [2.45, 2.75) is 49.7 Å². The molecule has 6 heteroatoms. The lowest BCUT2D eigenvalue weighted by Crippen LogP contribution is -2.45. The van der Waals surface area contributed by atoms with Crippen LogP contribution in [0.4, 0.5) is 0 Å². The van der Waals surface area contributed by atoms with Crippen molar-refractivity contribution in [1.29, 1.82) is 0 Å². The van der Waals surface area contributed by atoms with Gasteiger partial charge in [-0.2, -0.15) is 4.31 Å². The third-order valence-corrected chi connectivity index (χ3v) is 7.54. The Balaban J connectivity index is 1.63. The van der Waals surface area contributed by atoms with Crippen LogP contribution in [-0.4, -0.2) is 43.3 Å². The first-order valence-corrected chi connectivity index (χ1v) is 11.6. The first-order chi connectivity index (χ1) is 14.3. The number of aryl methyl sites for hydroxylation is 2. The fourth-order valence-electron chi connectivity index (χ4n) is 3.94. The summed E-state index contributed by atoms with van der Waals surface area (Å²) in [6, 6.07) is 14.5. The number of Topliss-reactive ketones (excluding diaryl/α,β-unsaturated/α-hetero) is 1. The van der Waals surface area contributed by atoms with Crippen molar-refractivity contribution in [2.75, 3.05) is 13.1 Å². The minimum atomic E-state index is -3.82. The second kappa shape index (κ2) is 7.99. The fourth-order valence-corrected chi connectivity index (χ4v) is 5.32. The summed E-state index contributed by atoms with van der Waals surface area (Å²) in [4.78, 5) is 12.7. The Labute approximate surface area is 178 Å². The summed E-state index contributed by atoms with van der Waals surface area (Å²) < 4.78 is 33.8. The van der Waals surface area contributed by atoms with Gasteiger partial charge in [-0.1, -0.05) is 41.7 Å². The van der Waals surface area contributed by atoms with Gasteiger partial charge in [0.1, 0.15) is 0 Å². The fraction of sp³-hybridized carbons (Fsp3) is 0.375. The molecule has 1 saturated heterocycles. The number of carbonyl (C=O) groups is 1. The van der Waals surface area contributed by atoms with Crippen molar-refractivity contribution in [1.82, 2.24) is 4.31 Å². The molecule has 156 valence electrons. The zero-order valence-corrected chi connectivity index (χ0v) is 18.0. The molecule has 0 radical (unpaired) electrons. The number of carbonyl (C=O) groups excluding carboxylic acids is 1. The third-order valence-electron chi connectivity index (χ3n) is 5.73. The Bertz CT molecular complexity index is 1130. The van der Waals surface area contributed by atoms with Gasteiger partial charge in [0.25, 0.3) is 0 Å². The number of sulfonamides is 1. The van der Waals surface area contributed by atoms with E-state index in [1.165, 1.54) is 4.31 Å². The highest BCUT2D eigenvalue weighted by Crippen LogP contribution is 2.46. The largest absolute Gasteiger partial charge is 0.356 e. The summed E-state index contributed by atoms with van der Waals surface area (Å²) in [6.45, 7) is 3.89. The summed E-state index contributed by atoms with van der Waals surface area (Å²) >= 11 is 0. The van der Waals surface area contributed by atoms with Crippen LogP contribution < -0.4 is 0 Å². The molecule has 4 rings (SSSR count). The SMILES string of the molecule is Cc1ccc(S(=O)(=O)N(CC#Cc2cccc(C)c2)CC23OC2CCCC3=O)cc1. The van der Waals surface area contributed by atoms with Gasteiger partial charge in [-0.05, 0) is 56.5 Å². The van der Waals surface area contributed by atoms with E-state index in [1.54, 1.807) is 24.3 Å². The maximum absolute atomic E-state index is 13.4. The lowest BCUT2D eigenvalue weighted by Gasteiger charge is -2.25. The first-order valence-electron chi connectivity index (χ1n) is 10.1. The van der Waals surface area contributed by atoms with Gasteiger partial charge in [0.15, 0.2) is 11.4 Å². The standard InChI is InChI=1S/C24H25NO4S/c1-18-11-13-21(14-12-18)30(27,28)25(15-5-8-20-7-3-6-19(2)16-20)17-24-22(26)9-4-10-23(24)29-24/h3,6-7,11-14,16,23H,4,9-10,15,17H2,1-2H3. The Hall–Kier alpha value is -2.46. The Morgan fingerprint density at radius 3 is 2.60 bits per heavy atom. The van der Waals surface area contributed by atoms with E-state index in [9.17, 15) is 13.2 Å². The van der Waals surface area contributed by atoms with Gasteiger partial charge in [-0.15, -0.1) is 0 Å². The molecule has 2 aliphatic rings. The highest BCUT2D eigenvalue weighted by molar-refractivity contribution is 7.89. The zero-order chi connectivity index (χ0) is 21.4. The predicted octanol–water partition coefficient (Wildman–Crippen LogP) is 3.24. The summed E-state index contributed by atoms with van der Waals surface area (Å²) in [7, 11) is -3.82. The number of epoxide rings is 1. The number of fused-ring (bicyclic) bond motifs is 1. The number of nitrogens with zero attached hydrogens (tertiary/aromatic N) is 1. The van der Waals surface area contributed by atoms with Crippen LogP contribution in [0, 0.1) is 25.7 Å². The maximum atomic E-state index is 13.4. The second-order valence-electron chi connectivity index (χ2n) is 8.07. The molecule has 2 aromatic rings. The average molecular weight is 424 g/mol. The molecular formula is C24H25NO4S. The van der Waals surface area contributed by atoms with Crippen molar-refractivity contribution in [2.24, 2.45) is 0 Å². The molecule has 2 fully saturated rings. The topological polar surface area (TPSA) is 67.0 Å². The number of rotatable bonds is 5. The van der Waals surface area contributed by atoms with Gasteiger partial charge in [0.2, 0.25) is 10.0 Å². The van der Waals surface area contributed by atoms with Crippen molar-refractivity contribution in [3.8, 4) is 11.8 Å². The molecular weight excluding hydrogens is 398 g/mol. The van der Waals surface area contributed by atoms with Gasteiger partial charge in [-0.25, -0.2) is 8.42 Å². The Kier molecular flexibility index (Phi) is 5.54. The zero-order valence-electron chi connectivity index (χ0n) is 17.2. The van der Waals surface area contributed by atoms with Gasteiger partial charge in [-0.3, -0.25) is 4.79 Å². The van der Waals surface area contributed by atoms with Crippen LogP contribution >= 0.6 is 0 Å². The minimum absolute atomic E-state index is 0.00470. The van der Waals surface area contributed by atoms with E-state index < -0.39 is 15.6 Å². The van der Waals surface area contributed by atoms with Gasteiger partial charge >= 0.3 is 0 Å². The van der Waals surface area contributed by atoms with Crippen LogP contribution in [-0.2, 0) is 19.6 Å². The molecule has 2 aromatic carbocycles. The molecule has 5 nitrogen and oxygen atoms in total. The van der Waals surface area contributed by atoms with Crippen LogP contribution in [0.25, 0.3) is 0 Å². The molecule has 0 bridgehead atoms. The molecule has 1 aliphatic heterocycles. The lowest BCUT2D eigenvalue weighted by molar-refractivity contribution is -0.124. The van der Waals surface area contributed by atoms with Gasteiger partial charge < -0.3 is 4.74 Å². The summed E-state index contributed by atoms with van der Waals surface area (Å²) in [6.07, 6.45) is 1.84. The van der Waals surface area contributed by atoms with E-state index in [0.717, 1.165) is 29.5 Å². The first kappa shape index (κ1) is 20.8. The summed E-state index contributed by atoms with van der Waals surface area (Å²) in [5, 5.41) is 0. The van der Waals surface area contributed by atoms with E-state index >= 15 is 0 Å². The molecule has 0 aromatic heterocycles. The minimum Gasteiger partial charge on any atom is -0.356 e. The van der Waals surface area contributed by atoms with Crippen LogP contribution in [0.15, 0.2) is 53.4 Å². The van der Waals surface area contributed by atoms with Crippen LogP contribution in [0.3, 0.4) is 0 Å². The van der Waals surface area contributed by atoms with Gasteiger partial charge in [0, 0.05) is 12.0 Å². The second-order valence-corrected chi connectivity index (χ2v) is 10.0. The molecule has 2 atom stereocenters. The van der Waals surface area contributed by atoms with Crippen molar-refractivity contribution < 1.29 is 17.9 Å². The van der Waals surface area contributed by atoms with E-state index in [1.807, 2.05) is 38.1 Å². The molecule has 0 amide bonds. The number of ketones is 1. The van der Waals surface area contributed by atoms with Crippen molar-refractivity contribution >= 4 is 15.8 Å². The van der Waals surface area contributed by atoms with E-state index in [2.05, 4.69) is 11.8 Å². The van der Waals surface area contributed by atoms with Gasteiger partial charge in [0.05, 0.1) is 24.1 Å². The summed E-state index contributed by atoms with van der Waals surface area (Å²) in [5.41, 5.74) is 1.90. The van der Waals surface area contributed by atoms with E-state index in [4.69, 9.17) is 4.74 Å². The molecule has 1 heterocycles. The molecule has 30 heavy (non-hydrogen) atoms. The quantitative estimate of drug-likeness (QED) is 0.547. The van der Waals surface area contributed by atoms with E-state index in [-0.39, 0.29) is 29.9 Å². The molecule has 0 N–H and O–H groups in total. The van der Waals surface area contributed by atoms with Crippen LogP contribution in [0.1, 0.15) is 36.0 Å². The smallest absolute Gasteiger partial charge is 0.244 e. The predicted molar refractivity (Wildman–Crippen MR) is 114 cm³/mol. The summed E-state index contributed by atoms with van der Waals surface area (Å²) in [5.74, 6) is 6.02. The van der Waals surface area contributed by atoms with Crippen molar-refractivity contribution in [3.63, 3.8) is 0 Å². The third kappa shape index (κ3) is 4.06. The number of hydrogen-bond donors (Lipinski definition) is 0. The number of ether oxygens (including phenoxy) is 1. The van der Waals surface area contributed by atoms with Crippen LogP contribution in [0.5, 0.6) is 0 Å². The molecule has 2 unspecified atom stereocenters. The molecule has 1 saturated carbocycles. The van der Waals surface area contributed by atoms with E-state index in [0.29, 0.717) is 6.42 Å². The number of benzene rings is 2. The van der Waals surface area contributed by atoms with Crippen LogP contribution in [0.2, 0.25) is 0 Å². The lowest BCUT2D eigenvalue weighted by atomic mass is 9.88. The molecule has 0 spiro atoms. The maximum Gasteiger partial charge on any atom is 0.244 e. The average Bonchev–Trinajstić information content (AvgIpc) is 3.43. The Morgan fingerprint density at radius 2 is 1.90 bits per heavy atom. The van der Waals surface area contributed by atoms with Crippen molar-refractivity contribution in [3.05, 3.63) is 65.2 Å².